The van der Waals surface area contributed by atoms with Crippen LogP contribution in [0.4, 0.5) is 5.69 Å². The monoisotopic (exact) mass is 665 g/mol. The number of nitrogens with zero attached hydrogens (tertiary/aromatic N) is 1. The van der Waals surface area contributed by atoms with Gasteiger partial charge in [-0.05, 0) is 111 Å². The van der Waals surface area contributed by atoms with Gasteiger partial charge in [-0.2, -0.15) is 0 Å². The van der Waals surface area contributed by atoms with Crippen LogP contribution in [0.15, 0.2) is 48.6 Å². The van der Waals surface area contributed by atoms with Crippen LogP contribution >= 0.6 is 11.6 Å². The molecule has 6 rings (SSSR count). The van der Waals surface area contributed by atoms with Crippen LogP contribution in [0.1, 0.15) is 87.2 Å². The van der Waals surface area contributed by atoms with Crippen molar-refractivity contribution < 1.29 is 18.5 Å². The third-order valence-corrected chi connectivity index (χ3v) is 13.2. The Labute approximate surface area is 279 Å². The summed E-state index contributed by atoms with van der Waals surface area (Å²) in [6, 6.07) is 11.7. The minimum atomic E-state index is -2.91. The molecule has 2 aromatic carbocycles. The van der Waals surface area contributed by atoms with E-state index in [2.05, 4.69) is 45.1 Å². The lowest BCUT2D eigenvalue weighted by Crippen LogP contribution is -2.52. The van der Waals surface area contributed by atoms with Gasteiger partial charge in [0.05, 0.1) is 28.0 Å². The molecule has 46 heavy (non-hydrogen) atoms. The van der Waals surface area contributed by atoms with E-state index in [-0.39, 0.29) is 34.4 Å². The molecule has 2 N–H and O–H groups in total. The number of nitrogens with one attached hydrogen (secondary N) is 2. The van der Waals surface area contributed by atoms with Gasteiger partial charge < -0.3 is 15.0 Å². The van der Waals surface area contributed by atoms with Gasteiger partial charge in [0.1, 0.15) is 5.75 Å². The van der Waals surface area contributed by atoms with Crippen LogP contribution in [-0.4, -0.2) is 52.9 Å². The van der Waals surface area contributed by atoms with Gasteiger partial charge in [-0.3, -0.25) is 14.3 Å². The first-order chi connectivity index (χ1) is 22.0. The van der Waals surface area contributed by atoms with E-state index < -0.39 is 9.71 Å². The highest BCUT2D eigenvalue weighted by Gasteiger charge is 2.44. The Morgan fingerprint density at radius 3 is 2.78 bits per heavy atom. The van der Waals surface area contributed by atoms with Crippen LogP contribution < -0.4 is 19.7 Å². The van der Waals surface area contributed by atoms with E-state index in [1.807, 2.05) is 39.0 Å². The maximum atomic E-state index is 13.8. The third kappa shape index (κ3) is 6.57. The number of carbonyl (C=O) groups is 2. The number of hydrogen-bond acceptors (Lipinski definition) is 5. The minimum absolute atomic E-state index is 0.0548. The normalized spacial score (nSPS) is 31.8. The van der Waals surface area contributed by atoms with E-state index in [9.17, 15) is 13.8 Å². The van der Waals surface area contributed by atoms with Gasteiger partial charge in [0, 0.05) is 40.3 Å². The van der Waals surface area contributed by atoms with Crippen molar-refractivity contribution >= 4 is 44.7 Å². The molecule has 0 aromatic heterocycles. The highest BCUT2D eigenvalue weighted by Crippen LogP contribution is 2.47. The zero-order valence-corrected chi connectivity index (χ0v) is 28.9. The number of aryl methyl sites for hydroxylation is 1. The van der Waals surface area contributed by atoms with Crippen molar-refractivity contribution in [3.8, 4) is 5.75 Å². The number of halogens is 1. The van der Waals surface area contributed by atoms with Crippen LogP contribution in [0.5, 0.6) is 5.75 Å². The molecule has 1 fully saturated rings. The number of anilines is 1. The van der Waals surface area contributed by atoms with Crippen LogP contribution in [0.25, 0.3) is 0 Å². The second kappa shape index (κ2) is 13.3. The molecule has 7 nitrogen and oxygen atoms in total. The van der Waals surface area contributed by atoms with Gasteiger partial charge in [-0.25, -0.2) is 4.21 Å². The Morgan fingerprint density at radius 2 is 2.04 bits per heavy atom. The van der Waals surface area contributed by atoms with Gasteiger partial charge in [0.25, 0.3) is 5.91 Å². The van der Waals surface area contributed by atoms with Crippen molar-refractivity contribution in [1.82, 2.24) is 10.0 Å². The van der Waals surface area contributed by atoms with Gasteiger partial charge in [-0.15, -0.1) is 0 Å². The molecule has 4 aliphatic rings. The molecular formula is C37H48ClN3O4S. The molecule has 2 aliphatic heterocycles. The molecule has 1 unspecified atom stereocenters. The summed E-state index contributed by atoms with van der Waals surface area (Å²) in [6.07, 6.45) is 11.4. The highest BCUT2D eigenvalue weighted by atomic mass is 35.5. The second-order valence-electron chi connectivity index (χ2n) is 14.2. The van der Waals surface area contributed by atoms with Gasteiger partial charge >= 0.3 is 0 Å². The molecule has 6 atom stereocenters. The van der Waals surface area contributed by atoms with Crippen molar-refractivity contribution in [1.29, 1.82) is 0 Å². The van der Waals surface area contributed by atoms with Crippen molar-refractivity contribution in [3.63, 3.8) is 0 Å². The van der Waals surface area contributed by atoms with Crippen LogP contribution in [0.2, 0.25) is 5.02 Å². The average Bonchev–Trinajstić information content (AvgIpc) is 3.15. The standard InChI is InChI=1S/C37H48ClN3O4S/c1-5-29-10-6-7-11-32(39-35(42)24(2)3)30-15-12-27(30)21-41-22-37(18-8-9-25-19-28(38)14-16-31(25)37)23-45-34-17-13-26(20-33(34)41)36(43)40-46(29,4)44/h7,11,13-14,16-17,19-20,24,27,29-30,32H,4-6,8-10,12,15,18,21-23H2,1-3H3,(H,39,42)(H,40,43,44)/b11-7-/t27-,29+,30+,32+,37-,46?/m0/s1. The Kier molecular flexibility index (Phi) is 9.50. The maximum Gasteiger partial charge on any atom is 0.262 e. The summed E-state index contributed by atoms with van der Waals surface area (Å²) in [4.78, 5) is 29.0. The first kappa shape index (κ1) is 33.0. The van der Waals surface area contributed by atoms with E-state index in [1.165, 1.54) is 11.1 Å². The third-order valence-electron chi connectivity index (χ3n) is 10.8. The predicted octanol–water partition coefficient (Wildman–Crippen LogP) is 6.47. The second-order valence-corrected chi connectivity index (χ2v) is 16.9. The Hall–Kier alpha value is -2.97. The fourth-order valence-corrected chi connectivity index (χ4v) is 9.80. The molecular weight excluding hydrogens is 618 g/mol. The molecule has 248 valence electrons. The zero-order valence-electron chi connectivity index (χ0n) is 27.4. The zero-order chi connectivity index (χ0) is 32.6. The summed E-state index contributed by atoms with van der Waals surface area (Å²) in [6.45, 7) is 7.90. The summed E-state index contributed by atoms with van der Waals surface area (Å²) >= 11 is 6.45. The topological polar surface area (TPSA) is 87.7 Å². The predicted molar refractivity (Wildman–Crippen MR) is 188 cm³/mol. The number of benzene rings is 2. The quantitative estimate of drug-likeness (QED) is 0.290. The molecule has 0 radical (unpaired) electrons. The van der Waals surface area contributed by atoms with Crippen molar-refractivity contribution in [2.24, 2.45) is 17.8 Å². The number of hydrogen-bond donors (Lipinski definition) is 2. The Balaban J connectivity index is 1.42. The van der Waals surface area contributed by atoms with Crippen LogP contribution in [0.3, 0.4) is 0 Å². The number of fused-ring (bicyclic) bond motifs is 4. The molecule has 2 heterocycles. The molecule has 1 spiro atoms. The van der Waals surface area contributed by atoms with Crippen LogP contribution in [0, 0.1) is 17.8 Å². The summed E-state index contributed by atoms with van der Waals surface area (Å²) in [5.74, 6) is 4.97. The molecule has 1 saturated carbocycles. The minimum Gasteiger partial charge on any atom is -0.490 e. The van der Waals surface area contributed by atoms with Gasteiger partial charge in [0.2, 0.25) is 5.91 Å². The van der Waals surface area contributed by atoms with E-state index in [0.717, 1.165) is 61.7 Å². The van der Waals surface area contributed by atoms with E-state index in [1.54, 1.807) is 6.07 Å². The molecule has 2 bridgehead atoms. The van der Waals surface area contributed by atoms with E-state index >= 15 is 0 Å². The highest BCUT2D eigenvalue weighted by molar-refractivity contribution is 7.99. The van der Waals surface area contributed by atoms with Crippen molar-refractivity contribution in [2.45, 2.75) is 88.8 Å². The molecule has 0 saturated heterocycles. The lowest BCUT2D eigenvalue weighted by molar-refractivity contribution is -0.125. The number of allylic oxidation sites excluding steroid dienone is 1. The largest absolute Gasteiger partial charge is 0.490 e. The molecule has 2 amide bonds. The van der Waals surface area contributed by atoms with Crippen LogP contribution in [-0.2, 0) is 26.3 Å². The lowest BCUT2D eigenvalue weighted by Gasteiger charge is -2.46. The van der Waals surface area contributed by atoms with Crippen molar-refractivity contribution in [2.75, 3.05) is 24.6 Å². The summed E-state index contributed by atoms with van der Waals surface area (Å²) in [7, 11) is -2.91. The first-order valence-electron chi connectivity index (χ1n) is 17.0. The number of rotatable bonds is 3. The summed E-state index contributed by atoms with van der Waals surface area (Å²) < 4.78 is 23.3. The Morgan fingerprint density at radius 1 is 1.22 bits per heavy atom. The fraction of sp³-hybridized carbons (Fsp3) is 0.541. The molecule has 2 aromatic rings. The van der Waals surface area contributed by atoms with Gasteiger partial charge in [-0.1, -0.05) is 50.6 Å². The smallest absolute Gasteiger partial charge is 0.262 e. The van der Waals surface area contributed by atoms with Gasteiger partial charge in [0.15, 0.2) is 0 Å². The number of amides is 2. The van der Waals surface area contributed by atoms with Crippen molar-refractivity contribution in [3.05, 3.63) is 70.3 Å². The number of ether oxygens (including phenoxy) is 1. The lowest BCUT2D eigenvalue weighted by atomic mass is 9.68. The number of carbonyl (C=O) groups excluding carboxylic acids is 2. The maximum absolute atomic E-state index is 13.8. The summed E-state index contributed by atoms with van der Waals surface area (Å²) in [5, 5.41) is 3.83. The SMILES string of the molecule is C=S1(=O)NC(=O)c2ccc3c(c2)N(C[C@@H]2CC[C@H]2[C@H](NC(=O)C(C)C)/C=C\CC[C@H]1CC)C[C@@]1(CCCc2cc(Cl)ccc21)CO3. The van der Waals surface area contributed by atoms with E-state index in [4.69, 9.17) is 16.3 Å². The Bertz CT molecular complexity index is 1620. The average molecular weight is 666 g/mol. The molecule has 9 heteroatoms. The summed E-state index contributed by atoms with van der Waals surface area (Å²) in [5.41, 5.74) is 3.66. The first-order valence-corrected chi connectivity index (χ1v) is 19.1. The molecule has 2 aliphatic carbocycles. The fourth-order valence-electron chi connectivity index (χ4n) is 7.95. The van der Waals surface area contributed by atoms with E-state index in [0.29, 0.717) is 43.3 Å².